The van der Waals surface area contributed by atoms with Crippen molar-refractivity contribution >= 4 is 11.6 Å². The van der Waals surface area contributed by atoms with E-state index >= 15 is 0 Å². The first-order valence-electron chi connectivity index (χ1n) is 3.99. The first kappa shape index (κ1) is 11.3. The number of rotatable bonds is 3. The van der Waals surface area contributed by atoms with E-state index in [1.165, 1.54) is 0 Å². The van der Waals surface area contributed by atoms with Crippen LogP contribution >= 0.6 is 11.6 Å². The van der Waals surface area contributed by atoms with E-state index in [-0.39, 0.29) is 17.9 Å². The maximum atomic E-state index is 13.0. The molecule has 0 fully saturated rings. The molecule has 0 unspecified atom stereocenters. The van der Waals surface area contributed by atoms with E-state index in [1.807, 2.05) is 0 Å². The Bertz CT molecular complexity index is 330. The predicted octanol–water partition coefficient (Wildman–Crippen LogP) is 2.21. The van der Waals surface area contributed by atoms with Gasteiger partial charge in [-0.1, -0.05) is 0 Å². The van der Waals surface area contributed by atoms with E-state index in [0.717, 1.165) is 6.07 Å². The molecule has 0 saturated carbocycles. The second kappa shape index (κ2) is 4.66. The third kappa shape index (κ3) is 2.62. The van der Waals surface area contributed by atoms with Crippen LogP contribution in [0.1, 0.15) is 5.56 Å². The van der Waals surface area contributed by atoms with Gasteiger partial charge in [0, 0.05) is 18.0 Å². The summed E-state index contributed by atoms with van der Waals surface area (Å²) in [5, 5.41) is 0. The fourth-order valence-electron chi connectivity index (χ4n) is 1.06. The van der Waals surface area contributed by atoms with Gasteiger partial charge in [0.25, 0.3) is 0 Å². The van der Waals surface area contributed by atoms with Crippen molar-refractivity contribution in [1.82, 2.24) is 0 Å². The number of hydrogen-bond acceptors (Lipinski definition) is 1. The van der Waals surface area contributed by atoms with Crippen LogP contribution in [0.25, 0.3) is 0 Å². The molecule has 78 valence electrons. The average molecular weight is 224 g/mol. The van der Waals surface area contributed by atoms with Crippen LogP contribution < -0.4 is 5.73 Å². The van der Waals surface area contributed by atoms with Crippen LogP contribution in [0.3, 0.4) is 0 Å². The number of hydrogen-bond donors (Lipinski definition) is 1. The minimum atomic E-state index is -1.20. The second-order valence-corrected chi connectivity index (χ2v) is 3.28. The topological polar surface area (TPSA) is 26.0 Å². The molecule has 0 radical (unpaired) electrons. The van der Waals surface area contributed by atoms with Crippen LogP contribution in [0, 0.1) is 17.5 Å². The highest BCUT2D eigenvalue weighted by Gasteiger charge is 2.12. The normalized spacial score (nSPS) is 12.9. The lowest BCUT2D eigenvalue weighted by Gasteiger charge is -2.08. The monoisotopic (exact) mass is 223 g/mol. The molecule has 0 aliphatic carbocycles. The van der Waals surface area contributed by atoms with Crippen molar-refractivity contribution in [2.45, 2.75) is 12.5 Å². The molecule has 1 atom stereocenters. The van der Waals surface area contributed by atoms with Crippen LogP contribution in [0.4, 0.5) is 13.2 Å². The van der Waals surface area contributed by atoms with Gasteiger partial charge in [0.2, 0.25) is 0 Å². The molecule has 0 amide bonds. The lowest BCUT2D eigenvalue weighted by Crippen LogP contribution is -2.25. The number of halogens is 4. The lowest BCUT2D eigenvalue weighted by molar-refractivity contribution is 0.488. The Balaban J connectivity index is 2.92. The zero-order chi connectivity index (χ0) is 10.7. The average Bonchev–Trinajstić information content (AvgIpc) is 2.14. The zero-order valence-corrected chi connectivity index (χ0v) is 7.99. The van der Waals surface area contributed by atoms with Crippen molar-refractivity contribution in [2.75, 3.05) is 5.88 Å². The molecule has 14 heavy (non-hydrogen) atoms. The van der Waals surface area contributed by atoms with Gasteiger partial charge in [0.05, 0.1) is 0 Å². The summed E-state index contributed by atoms with van der Waals surface area (Å²) in [6.07, 6.45) is 0.0898. The second-order valence-electron chi connectivity index (χ2n) is 2.98. The molecule has 1 aromatic rings. The molecule has 1 rings (SSSR count). The van der Waals surface area contributed by atoms with E-state index in [9.17, 15) is 13.2 Å². The maximum absolute atomic E-state index is 13.0. The van der Waals surface area contributed by atoms with E-state index < -0.39 is 23.5 Å². The molecule has 2 N–H and O–H groups in total. The number of benzene rings is 1. The van der Waals surface area contributed by atoms with Gasteiger partial charge in [-0.3, -0.25) is 0 Å². The largest absolute Gasteiger partial charge is 0.326 e. The molecule has 0 heterocycles. The Kier molecular flexibility index (Phi) is 3.77. The summed E-state index contributed by atoms with van der Waals surface area (Å²) in [4.78, 5) is 0. The van der Waals surface area contributed by atoms with Crippen molar-refractivity contribution in [3.05, 3.63) is 35.1 Å². The van der Waals surface area contributed by atoms with Crippen LogP contribution in [0.2, 0.25) is 0 Å². The molecule has 0 saturated heterocycles. The van der Waals surface area contributed by atoms with Gasteiger partial charge in [-0.15, -0.1) is 11.6 Å². The first-order valence-corrected chi connectivity index (χ1v) is 4.53. The molecule has 1 aromatic carbocycles. The summed E-state index contributed by atoms with van der Waals surface area (Å²) in [6.45, 7) is 0. The van der Waals surface area contributed by atoms with Crippen LogP contribution in [0.15, 0.2) is 12.1 Å². The van der Waals surface area contributed by atoms with Crippen molar-refractivity contribution in [3.8, 4) is 0 Å². The van der Waals surface area contributed by atoms with E-state index in [1.54, 1.807) is 0 Å². The summed E-state index contributed by atoms with van der Waals surface area (Å²) >= 11 is 5.41. The third-order valence-electron chi connectivity index (χ3n) is 1.77. The number of alkyl halides is 1. The molecular weight excluding hydrogens is 215 g/mol. The molecule has 0 aliphatic heterocycles. The van der Waals surface area contributed by atoms with Gasteiger partial charge in [-0.2, -0.15) is 0 Å². The fraction of sp³-hybridized carbons (Fsp3) is 0.333. The van der Waals surface area contributed by atoms with Gasteiger partial charge >= 0.3 is 0 Å². The zero-order valence-electron chi connectivity index (χ0n) is 7.24. The van der Waals surface area contributed by atoms with Crippen molar-refractivity contribution in [3.63, 3.8) is 0 Å². The highest BCUT2D eigenvalue weighted by molar-refractivity contribution is 6.18. The summed E-state index contributed by atoms with van der Waals surface area (Å²) in [5.41, 5.74) is 5.49. The standard InChI is InChI=1S/C9H9ClF3N/c10-4-6(14)1-5-2-8(12)9(13)3-7(5)11/h2-3,6H,1,4,14H2/t6-/m1/s1. The highest BCUT2D eigenvalue weighted by atomic mass is 35.5. The summed E-state index contributed by atoms with van der Waals surface area (Å²) in [5.74, 6) is -2.95. The van der Waals surface area contributed by atoms with Gasteiger partial charge in [-0.25, -0.2) is 13.2 Å². The fourth-order valence-corrected chi connectivity index (χ4v) is 1.17. The molecule has 5 heteroatoms. The first-order chi connectivity index (χ1) is 6.54. The Morgan fingerprint density at radius 3 is 2.29 bits per heavy atom. The minimum absolute atomic E-state index is 0.0389. The Hall–Kier alpha value is -0.740. The Labute approximate surface area is 84.7 Å². The van der Waals surface area contributed by atoms with Crippen LogP contribution in [-0.4, -0.2) is 11.9 Å². The quantitative estimate of drug-likeness (QED) is 0.617. The third-order valence-corrected chi connectivity index (χ3v) is 2.17. The Morgan fingerprint density at radius 1 is 1.14 bits per heavy atom. The lowest BCUT2D eigenvalue weighted by atomic mass is 10.1. The number of nitrogens with two attached hydrogens (primary N) is 1. The van der Waals surface area contributed by atoms with Crippen molar-refractivity contribution in [1.29, 1.82) is 0 Å². The van der Waals surface area contributed by atoms with Crippen molar-refractivity contribution < 1.29 is 13.2 Å². The van der Waals surface area contributed by atoms with E-state index in [2.05, 4.69) is 0 Å². The molecule has 0 aromatic heterocycles. The van der Waals surface area contributed by atoms with Crippen LogP contribution in [0.5, 0.6) is 0 Å². The molecular formula is C9H9ClF3N. The van der Waals surface area contributed by atoms with Crippen molar-refractivity contribution in [2.24, 2.45) is 5.73 Å². The molecule has 0 aliphatic rings. The highest BCUT2D eigenvalue weighted by Crippen LogP contribution is 2.15. The maximum Gasteiger partial charge on any atom is 0.161 e. The minimum Gasteiger partial charge on any atom is -0.326 e. The van der Waals surface area contributed by atoms with E-state index in [4.69, 9.17) is 17.3 Å². The molecule has 1 nitrogen and oxygen atoms in total. The van der Waals surface area contributed by atoms with E-state index in [0.29, 0.717) is 6.07 Å². The summed E-state index contributed by atoms with van der Waals surface area (Å²) in [7, 11) is 0. The van der Waals surface area contributed by atoms with Gasteiger partial charge in [-0.05, 0) is 18.1 Å². The Morgan fingerprint density at radius 2 is 1.71 bits per heavy atom. The SMILES string of the molecule is N[C@@H](CCl)Cc1cc(F)c(F)cc1F. The van der Waals surface area contributed by atoms with Gasteiger partial charge in [0.15, 0.2) is 11.6 Å². The summed E-state index contributed by atoms with van der Waals surface area (Å²) in [6, 6.07) is 0.846. The summed E-state index contributed by atoms with van der Waals surface area (Å²) < 4.78 is 38.2. The van der Waals surface area contributed by atoms with Gasteiger partial charge in [0.1, 0.15) is 5.82 Å². The van der Waals surface area contributed by atoms with Gasteiger partial charge < -0.3 is 5.73 Å². The van der Waals surface area contributed by atoms with Crippen LogP contribution in [-0.2, 0) is 6.42 Å². The predicted molar refractivity (Wildman–Crippen MR) is 48.7 cm³/mol. The smallest absolute Gasteiger partial charge is 0.161 e. The molecule has 0 bridgehead atoms. The molecule has 0 spiro atoms.